The summed E-state index contributed by atoms with van der Waals surface area (Å²) in [5, 5.41) is 3.04. The molecule has 0 bridgehead atoms. The van der Waals surface area contributed by atoms with E-state index in [1.165, 1.54) is 12.1 Å². The van der Waals surface area contributed by atoms with Crippen molar-refractivity contribution in [2.24, 2.45) is 0 Å². The molecule has 20 heavy (non-hydrogen) atoms. The maximum absolute atomic E-state index is 14.1. The molecule has 5 heteroatoms. The molecule has 0 fully saturated rings. The number of hydrogen-bond donors (Lipinski definition) is 1. The monoisotopic (exact) mass is 343 g/mol. The molecule has 2 rings (SSSR count). The Morgan fingerprint density at radius 1 is 1.10 bits per heavy atom. The largest absolute Gasteiger partial charge is 0.306 e. The minimum absolute atomic E-state index is 0.0632. The molecule has 0 radical (unpaired) electrons. The molecule has 0 heterocycles. The summed E-state index contributed by atoms with van der Waals surface area (Å²) in [4.78, 5) is 0. The molecule has 1 unspecified atom stereocenters. The smallest absolute Gasteiger partial charge is 0.137 e. The molecule has 0 aliphatic carbocycles. The van der Waals surface area contributed by atoms with Gasteiger partial charge in [0.15, 0.2) is 0 Å². The summed E-state index contributed by atoms with van der Waals surface area (Å²) in [5.74, 6) is -1.52. The van der Waals surface area contributed by atoms with Crippen LogP contribution in [0.25, 0.3) is 0 Å². The Balaban J connectivity index is 2.51. The lowest BCUT2D eigenvalue weighted by atomic mass is 9.98. The van der Waals surface area contributed by atoms with E-state index < -0.39 is 23.5 Å². The van der Waals surface area contributed by atoms with E-state index in [2.05, 4.69) is 21.2 Å². The lowest BCUT2D eigenvalue weighted by Gasteiger charge is -2.20. The van der Waals surface area contributed by atoms with Gasteiger partial charge in [-0.05, 0) is 52.3 Å². The summed E-state index contributed by atoms with van der Waals surface area (Å²) in [6, 6.07) is 7.44. The summed E-state index contributed by atoms with van der Waals surface area (Å²) in [5.41, 5.74) is 0.700. The Hall–Kier alpha value is -1.33. The van der Waals surface area contributed by atoms with Gasteiger partial charge in [-0.1, -0.05) is 19.1 Å². The van der Waals surface area contributed by atoms with E-state index in [1.807, 2.05) is 6.92 Å². The topological polar surface area (TPSA) is 12.0 Å². The summed E-state index contributed by atoms with van der Waals surface area (Å²) in [7, 11) is 0. The van der Waals surface area contributed by atoms with Crippen LogP contribution in [-0.2, 0) is 0 Å². The summed E-state index contributed by atoms with van der Waals surface area (Å²) in [6.07, 6.45) is 0. The molecule has 1 nitrogen and oxygen atoms in total. The highest BCUT2D eigenvalue weighted by Crippen LogP contribution is 2.28. The van der Waals surface area contributed by atoms with Crippen LogP contribution in [0.15, 0.2) is 40.9 Å². The van der Waals surface area contributed by atoms with E-state index in [1.54, 1.807) is 12.1 Å². The predicted octanol–water partition coefficient (Wildman–Crippen LogP) is 4.57. The van der Waals surface area contributed by atoms with Gasteiger partial charge in [-0.25, -0.2) is 13.2 Å². The second-order valence-corrected chi connectivity index (χ2v) is 5.19. The number of halogens is 4. The van der Waals surface area contributed by atoms with Crippen molar-refractivity contribution in [3.63, 3.8) is 0 Å². The second kappa shape index (κ2) is 6.41. The zero-order valence-electron chi connectivity index (χ0n) is 10.8. The lowest BCUT2D eigenvalue weighted by molar-refractivity contribution is 0.539. The molecule has 0 saturated carbocycles. The number of benzene rings is 2. The first-order valence-corrected chi connectivity index (χ1v) is 6.95. The predicted molar refractivity (Wildman–Crippen MR) is 76.0 cm³/mol. The highest BCUT2D eigenvalue weighted by atomic mass is 79.9. The first-order chi connectivity index (χ1) is 9.52. The first kappa shape index (κ1) is 15.1. The SMILES string of the molecule is CCNC(c1cccc(F)c1)c1cc(F)c(Br)cc1F. The second-order valence-electron chi connectivity index (χ2n) is 4.33. The van der Waals surface area contributed by atoms with Crippen LogP contribution in [0.1, 0.15) is 24.1 Å². The van der Waals surface area contributed by atoms with Gasteiger partial charge >= 0.3 is 0 Å². The quantitative estimate of drug-likeness (QED) is 0.802. The van der Waals surface area contributed by atoms with E-state index in [0.29, 0.717) is 12.1 Å². The van der Waals surface area contributed by atoms with Crippen LogP contribution in [0.3, 0.4) is 0 Å². The van der Waals surface area contributed by atoms with Crippen molar-refractivity contribution in [2.75, 3.05) is 6.54 Å². The molecule has 2 aromatic rings. The molecule has 2 aromatic carbocycles. The third kappa shape index (κ3) is 3.22. The lowest BCUT2D eigenvalue weighted by Crippen LogP contribution is -2.23. The molecule has 0 amide bonds. The van der Waals surface area contributed by atoms with Crippen molar-refractivity contribution in [3.05, 3.63) is 69.4 Å². The van der Waals surface area contributed by atoms with Crippen molar-refractivity contribution in [1.82, 2.24) is 5.32 Å². The van der Waals surface area contributed by atoms with Gasteiger partial charge in [-0.2, -0.15) is 0 Å². The first-order valence-electron chi connectivity index (χ1n) is 6.16. The van der Waals surface area contributed by atoms with E-state index in [0.717, 1.165) is 12.1 Å². The van der Waals surface area contributed by atoms with Crippen LogP contribution in [0.2, 0.25) is 0 Å². The zero-order valence-corrected chi connectivity index (χ0v) is 12.3. The van der Waals surface area contributed by atoms with Gasteiger partial charge in [0.2, 0.25) is 0 Å². The summed E-state index contributed by atoms with van der Waals surface area (Å²) in [6.45, 7) is 2.39. The van der Waals surface area contributed by atoms with Gasteiger partial charge in [0, 0.05) is 5.56 Å². The molecule has 0 saturated heterocycles. The molecule has 0 aliphatic heterocycles. The Morgan fingerprint density at radius 3 is 2.50 bits per heavy atom. The standard InChI is InChI=1S/C15H13BrF3N/c1-2-20-15(9-4-3-5-10(17)6-9)11-7-14(19)12(16)8-13(11)18/h3-8,15,20H,2H2,1H3. The van der Waals surface area contributed by atoms with E-state index in [-0.39, 0.29) is 10.0 Å². The molecule has 0 spiro atoms. The minimum atomic E-state index is -0.599. The van der Waals surface area contributed by atoms with Gasteiger partial charge in [0.1, 0.15) is 17.5 Å². The molecule has 106 valence electrons. The van der Waals surface area contributed by atoms with Crippen molar-refractivity contribution in [1.29, 1.82) is 0 Å². The summed E-state index contributed by atoms with van der Waals surface area (Å²) < 4.78 is 41.1. The third-order valence-electron chi connectivity index (χ3n) is 2.94. The van der Waals surface area contributed by atoms with E-state index in [4.69, 9.17) is 0 Å². The van der Waals surface area contributed by atoms with Crippen molar-refractivity contribution in [2.45, 2.75) is 13.0 Å². The van der Waals surface area contributed by atoms with Crippen molar-refractivity contribution in [3.8, 4) is 0 Å². The van der Waals surface area contributed by atoms with Crippen LogP contribution in [0, 0.1) is 17.5 Å². The third-order valence-corrected chi connectivity index (χ3v) is 3.55. The van der Waals surface area contributed by atoms with Gasteiger partial charge in [0.05, 0.1) is 10.5 Å². The molecular formula is C15H13BrF3N. The average molecular weight is 344 g/mol. The molecule has 1 atom stereocenters. The van der Waals surface area contributed by atoms with Crippen LogP contribution in [-0.4, -0.2) is 6.54 Å². The fraction of sp³-hybridized carbons (Fsp3) is 0.200. The Kier molecular flexibility index (Phi) is 4.83. The molecule has 0 aromatic heterocycles. The normalized spacial score (nSPS) is 12.4. The fourth-order valence-electron chi connectivity index (χ4n) is 2.06. The van der Waals surface area contributed by atoms with Crippen LogP contribution in [0.5, 0.6) is 0 Å². The van der Waals surface area contributed by atoms with Gasteiger partial charge in [-0.3, -0.25) is 0 Å². The number of hydrogen-bond acceptors (Lipinski definition) is 1. The fourth-order valence-corrected chi connectivity index (χ4v) is 2.37. The van der Waals surface area contributed by atoms with Crippen molar-refractivity contribution >= 4 is 15.9 Å². The van der Waals surface area contributed by atoms with Gasteiger partial charge in [0.25, 0.3) is 0 Å². The highest BCUT2D eigenvalue weighted by Gasteiger charge is 2.19. The Labute approximate surface area is 123 Å². The number of nitrogens with one attached hydrogen (secondary N) is 1. The van der Waals surface area contributed by atoms with Crippen LogP contribution < -0.4 is 5.32 Å². The average Bonchev–Trinajstić information content (AvgIpc) is 2.40. The summed E-state index contributed by atoms with van der Waals surface area (Å²) >= 11 is 2.94. The maximum atomic E-state index is 14.1. The molecule has 0 aliphatic rings. The highest BCUT2D eigenvalue weighted by molar-refractivity contribution is 9.10. The van der Waals surface area contributed by atoms with Crippen LogP contribution in [0.4, 0.5) is 13.2 Å². The van der Waals surface area contributed by atoms with E-state index >= 15 is 0 Å². The van der Waals surface area contributed by atoms with Gasteiger partial charge in [-0.15, -0.1) is 0 Å². The van der Waals surface area contributed by atoms with Gasteiger partial charge < -0.3 is 5.32 Å². The molecular weight excluding hydrogens is 331 g/mol. The Morgan fingerprint density at radius 2 is 1.85 bits per heavy atom. The Bertz CT molecular complexity index is 616. The van der Waals surface area contributed by atoms with E-state index in [9.17, 15) is 13.2 Å². The number of rotatable bonds is 4. The van der Waals surface area contributed by atoms with Crippen LogP contribution >= 0.6 is 15.9 Å². The zero-order chi connectivity index (χ0) is 14.7. The molecule has 1 N–H and O–H groups in total. The van der Waals surface area contributed by atoms with Crippen molar-refractivity contribution < 1.29 is 13.2 Å². The minimum Gasteiger partial charge on any atom is -0.306 e. The maximum Gasteiger partial charge on any atom is 0.137 e.